The molecule has 0 aliphatic rings. The lowest BCUT2D eigenvalue weighted by molar-refractivity contribution is -0.136. The number of benzene rings is 1. The minimum absolute atomic E-state index is 0.239. The van der Waals surface area contributed by atoms with Crippen molar-refractivity contribution in [2.24, 2.45) is 0 Å². The molecule has 1 N–H and O–H groups in total. The zero-order chi connectivity index (χ0) is 17.3. The number of carbonyl (C=O) groups is 1. The molecule has 5 nitrogen and oxygen atoms in total. The molecular weight excluding hydrogens is 292 g/mol. The van der Waals surface area contributed by atoms with Gasteiger partial charge in [0.15, 0.2) is 0 Å². The van der Waals surface area contributed by atoms with Gasteiger partial charge in [0.05, 0.1) is 17.9 Å². The lowest BCUT2D eigenvalue weighted by Gasteiger charge is -2.27. The van der Waals surface area contributed by atoms with Gasteiger partial charge >= 0.3 is 0 Å². The van der Waals surface area contributed by atoms with Crippen LogP contribution >= 0.6 is 0 Å². The molecule has 0 unspecified atom stereocenters. The van der Waals surface area contributed by atoms with Crippen LogP contribution in [0.2, 0.25) is 0 Å². The SMILES string of the molecule is CCCCC[C@@](C)(OC)C(=O)Nc1ccc(OCC)cc1C#N. The van der Waals surface area contributed by atoms with Crippen molar-refractivity contribution in [3.8, 4) is 11.8 Å². The molecule has 1 atom stereocenters. The van der Waals surface area contributed by atoms with Crippen LogP contribution in [-0.4, -0.2) is 25.2 Å². The smallest absolute Gasteiger partial charge is 0.256 e. The van der Waals surface area contributed by atoms with Crippen LogP contribution in [0.3, 0.4) is 0 Å². The zero-order valence-corrected chi connectivity index (χ0v) is 14.4. The van der Waals surface area contributed by atoms with E-state index in [0.29, 0.717) is 30.0 Å². The summed E-state index contributed by atoms with van der Waals surface area (Å²) in [6.07, 6.45) is 3.70. The van der Waals surface area contributed by atoms with E-state index < -0.39 is 5.60 Å². The molecular formula is C18H26N2O3. The number of amides is 1. The van der Waals surface area contributed by atoms with Crippen LogP contribution < -0.4 is 10.1 Å². The Balaban J connectivity index is 2.88. The van der Waals surface area contributed by atoms with Gasteiger partial charge < -0.3 is 14.8 Å². The third kappa shape index (κ3) is 5.26. The Bertz CT molecular complexity index is 566. The molecule has 0 saturated heterocycles. The first-order chi connectivity index (χ1) is 11.0. The summed E-state index contributed by atoms with van der Waals surface area (Å²) in [6, 6.07) is 7.13. The lowest BCUT2D eigenvalue weighted by Crippen LogP contribution is -2.42. The van der Waals surface area contributed by atoms with Crippen molar-refractivity contribution in [3.05, 3.63) is 23.8 Å². The Kier molecular flexibility index (Phi) is 7.56. The average molecular weight is 318 g/mol. The van der Waals surface area contributed by atoms with Crippen molar-refractivity contribution >= 4 is 11.6 Å². The van der Waals surface area contributed by atoms with Crippen molar-refractivity contribution in [1.29, 1.82) is 5.26 Å². The maximum atomic E-state index is 12.6. The van der Waals surface area contributed by atoms with Crippen LogP contribution in [0.5, 0.6) is 5.75 Å². The zero-order valence-electron chi connectivity index (χ0n) is 14.4. The normalized spacial score (nSPS) is 13.0. The molecule has 0 saturated carbocycles. The molecule has 1 aromatic carbocycles. The van der Waals surface area contributed by atoms with Crippen LogP contribution in [0.1, 0.15) is 52.0 Å². The Morgan fingerprint density at radius 1 is 1.35 bits per heavy atom. The summed E-state index contributed by atoms with van der Waals surface area (Å²) in [5.41, 5.74) is -0.0587. The standard InChI is InChI=1S/C18H26N2O3/c1-5-7-8-11-18(3,22-4)17(21)20-16-10-9-15(23-6-2)12-14(16)13-19/h9-10,12H,5-8,11H2,1-4H3,(H,20,21)/t18-/m1/s1. The number of anilines is 1. The third-order valence-electron chi connectivity index (χ3n) is 3.86. The fourth-order valence-electron chi connectivity index (χ4n) is 2.26. The summed E-state index contributed by atoms with van der Waals surface area (Å²) < 4.78 is 10.8. The molecule has 0 aliphatic heterocycles. The van der Waals surface area contributed by atoms with E-state index in [0.717, 1.165) is 19.3 Å². The highest BCUT2D eigenvalue weighted by Crippen LogP contribution is 2.25. The molecule has 1 amide bonds. The van der Waals surface area contributed by atoms with Crippen molar-refractivity contribution in [1.82, 2.24) is 0 Å². The summed E-state index contributed by atoms with van der Waals surface area (Å²) in [4.78, 5) is 12.6. The predicted molar refractivity (Wildman–Crippen MR) is 90.5 cm³/mol. The maximum Gasteiger partial charge on any atom is 0.256 e. The number of nitriles is 1. The first-order valence-electron chi connectivity index (χ1n) is 8.04. The van der Waals surface area contributed by atoms with Gasteiger partial charge in [0.25, 0.3) is 5.91 Å². The van der Waals surface area contributed by atoms with E-state index in [-0.39, 0.29) is 5.91 Å². The van der Waals surface area contributed by atoms with Crippen LogP contribution in [0.25, 0.3) is 0 Å². The van der Waals surface area contributed by atoms with Gasteiger partial charge in [0.1, 0.15) is 17.4 Å². The number of nitrogens with zero attached hydrogens (tertiary/aromatic N) is 1. The Labute approximate surface area is 138 Å². The minimum atomic E-state index is -0.902. The minimum Gasteiger partial charge on any atom is -0.494 e. The van der Waals surface area contributed by atoms with E-state index in [4.69, 9.17) is 9.47 Å². The topological polar surface area (TPSA) is 71.3 Å². The number of hydrogen-bond donors (Lipinski definition) is 1. The molecule has 126 valence electrons. The number of ether oxygens (including phenoxy) is 2. The Morgan fingerprint density at radius 3 is 2.65 bits per heavy atom. The van der Waals surface area contributed by atoms with E-state index >= 15 is 0 Å². The van der Waals surface area contributed by atoms with Gasteiger partial charge in [-0.2, -0.15) is 5.26 Å². The van der Waals surface area contributed by atoms with E-state index in [9.17, 15) is 10.1 Å². The summed E-state index contributed by atoms with van der Waals surface area (Å²) in [6.45, 7) is 6.29. The number of rotatable bonds is 9. The molecule has 0 aromatic heterocycles. The predicted octanol–water partition coefficient (Wildman–Crippen LogP) is 3.88. The van der Waals surface area contributed by atoms with Gasteiger partial charge in [-0.3, -0.25) is 4.79 Å². The van der Waals surface area contributed by atoms with Crippen LogP contribution in [-0.2, 0) is 9.53 Å². The summed E-state index contributed by atoms with van der Waals surface area (Å²) in [5, 5.41) is 12.1. The first kappa shape index (κ1) is 19.0. The largest absolute Gasteiger partial charge is 0.494 e. The second kappa shape index (κ2) is 9.16. The van der Waals surface area contributed by atoms with E-state index in [2.05, 4.69) is 18.3 Å². The quantitative estimate of drug-likeness (QED) is 0.701. The number of unbranched alkanes of at least 4 members (excludes halogenated alkanes) is 2. The highest BCUT2D eigenvalue weighted by atomic mass is 16.5. The summed E-state index contributed by atoms with van der Waals surface area (Å²) in [7, 11) is 1.54. The molecule has 0 heterocycles. The average Bonchev–Trinajstić information content (AvgIpc) is 2.56. The van der Waals surface area contributed by atoms with Crippen molar-refractivity contribution < 1.29 is 14.3 Å². The lowest BCUT2D eigenvalue weighted by atomic mass is 9.96. The fourth-order valence-corrected chi connectivity index (χ4v) is 2.26. The van der Waals surface area contributed by atoms with Crippen LogP contribution in [0, 0.1) is 11.3 Å². The van der Waals surface area contributed by atoms with Crippen molar-refractivity contribution in [2.45, 2.75) is 52.1 Å². The van der Waals surface area contributed by atoms with Crippen LogP contribution in [0.15, 0.2) is 18.2 Å². The Morgan fingerprint density at radius 2 is 2.09 bits per heavy atom. The van der Waals surface area contributed by atoms with Crippen molar-refractivity contribution in [2.75, 3.05) is 19.0 Å². The molecule has 0 radical (unpaired) electrons. The van der Waals surface area contributed by atoms with Gasteiger partial charge in [-0.05, 0) is 38.5 Å². The van der Waals surface area contributed by atoms with Gasteiger partial charge in [-0.1, -0.05) is 26.2 Å². The molecule has 23 heavy (non-hydrogen) atoms. The third-order valence-corrected chi connectivity index (χ3v) is 3.86. The van der Waals surface area contributed by atoms with Gasteiger partial charge in [0, 0.05) is 7.11 Å². The monoisotopic (exact) mass is 318 g/mol. The number of carbonyl (C=O) groups excluding carboxylic acids is 1. The van der Waals surface area contributed by atoms with Gasteiger partial charge in [-0.25, -0.2) is 0 Å². The molecule has 0 spiro atoms. The second-order valence-corrected chi connectivity index (χ2v) is 5.60. The Hall–Kier alpha value is -2.06. The van der Waals surface area contributed by atoms with Crippen molar-refractivity contribution in [3.63, 3.8) is 0 Å². The highest BCUT2D eigenvalue weighted by Gasteiger charge is 2.32. The maximum absolute atomic E-state index is 12.6. The van der Waals surface area contributed by atoms with E-state index in [1.807, 2.05) is 6.92 Å². The molecule has 0 aliphatic carbocycles. The number of hydrogen-bond acceptors (Lipinski definition) is 4. The molecule has 1 rings (SSSR count). The van der Waals surface area contributed by atoms with Crippen LogP contribution in [0.4, 0.5) is 5.69 Å². The number of methoxy groups -OCH3 is 1. The summed E-state index contributed by atoms with van der Waals surface area (Å²) >= 11 is 0. The van der Waals surface area contributed by atoms with Gasteiger partial charge in [-0.15, -0.1) is 0 Å². The molecule has 5 heteroatoms. The fraction of sp³-hybridized carbons (Fsp3) is 0.556. The van der Waals surface area contributed by atoms with E-state index in [1.165, 1.54) is 7.11 Å². The summed E-state index contributed by atoms with van der Waals surface area (Å²) in [5.74, 6) is 0.372. The second-order valence-electron chi connectivity index (χ2n) is 5.60. The van der Waals surface area contributed by atoms with E-state index in [1.54, 1.807) is 25.1 Å². The molecule has 0 bridgehead atoms. The van der Waals surface area contributed by atoms with Gasteiger partial charge in [0.2, 0.25) is 0 Å². The first-order valence-corrected chi connectivity index (χ1v) is 8.04. The number of nitrogens with one attached hydrogen (secondary N) is 1. The highest BCUT2D eigenvalue weighted by molar-refractivity contribution is 5.98. The molecule has 1 aromatic rings. The molecule has 0 fully saturated rings.